The van der Waals surface area contributed by atoms with Gasteiger partial charge in [-0.05, 0) is 52.0 Å². The number of furan rings is 1. The van der Waals surface area contributed by atoms with Crippen LogP contribution in [-0.4, -0.2) is 38.1 Å². The molecule has 1 N–H and O–H groups in total. The highest BCUT2D eigenvalue weighted by Gasteiger charge is 2.46. The Morgan fingerprint density at radius 2 is 2.03 bits per heavy atom. The lowest BCUT2D eigenvalue weighted by atomic mass is 10.1. The van der Waals surface area contributed by atoms with Crippen LogP contribution in [0.25, 0.3) is 17.4 Å². The van der Waals surface area contributed by atoms with Gasteiger partial charge in [-0.15, -0.1) is 0 Å². The second kappa shape index (κ2) is 7.46. The number of thioether (sulfide) groups is 1. The third kappa shape index (κ3) is 3.90. The molecule has 9 nitrogen and oxygen atoms in total. The SMILES string of the molecule is N=C1C(=Cc2ccc(-c3ccc([N+](=O)[O-])cc3Br)o2)C(=O)N=C2SC(C(F)(F)F)=NN12. The molecule has 2 aromatic rings. The summed E-state index contributed by atoms with van der Waals surface area (Å²) in [7, 11) is 0. The lowest BCUT2D eigenvalue weighted by Gasteiger charge is -2.19. The predicted octanol–water partition coefficient (Wildman–Crippen LogP) is 4.80. The van der Waals surface area contributed by atoms with E-state index in [1.807, 2.05) is 0 Å². The van der Waals surface area contributed by atoms with Gasteiger partial charge in [0.25, 0.3) is 11.6 Å². The number of alkyl halides is 3. The van der Waals surface area contributed by atoms with Crippen molar-refractivity contribution in [1.82, 2.24) is 5.01 Å². The van der Waals surface area contributed by atoms with E-state index >= 15 is 0 Å². The van der Waals surface area contributed by atoms with E-state index in [1.165, 1.54) is 36.4 Å². The van der Waals surface area contributed by atoms with Gasteiger partial charge in [-0.1, -0.05) is 0 Å². The largest absolute Gasteiger partial charge is 0.457 e. The average molecular weight is 514 g/mol. The summed E-state index contributed by atoms with van der Waals surface area (Å²) < 4.78 is 44.6. The number of carbonyl (C=O) groups excluding carboxylic acids is 1. The second-order valence-corrected chi connectivity index (χ2v) is 7.86. The van der Waals surface area contributed by atoms with Crippen molar-refractivity contribution in [2.45, 2.75) is 6.18 Å². The molecular formula is C17H7BrF3N5O4S. The predicted molar refractivity (Wildman–Crippen MR) is 110 cm³/mol. The number of hydrogen-bond acceptors (Lipinski definition) is 7. The lowest BCUT2D eigenvalue weighted by molar-refractivity contribution is -0.384. The summed E-state index contributed by atoms with van der Waals surface area (Å²) >= 11 is 3.39. The van der Waals surface area contributed by atoms with Crippen molar-refractivity contribution in [1.29, 1.82) is 5.41 Å². The highest BCUT2D eigenvalue weighted by atomic mass is 79.9. The minimum atomic E-state index is -4.73. The van der Waals surface area contributed by atoms with Crippen molar-refractivity contribution in [3.8, 4) is 11.3 Å². The van der Waals surface area contributed by atoms with Gasteiger partial charge >= 0.3 is 6.18 Å². The summed E-state index contributed by atoms with van der Waals surface area (Å²) in [6.07, 6.45) is -3.56. The summed E-state index contributed by atoms with van der Waals surface area (Å²) in [6.45, 7) is 0. The van der Waals surface area contributed by atoms with Gasteiger partial charge in [0.2, 0.25) is 10.2 Å². The van der Waals surface area contributed by atoms with Crippen LogP contribution in [-0.2, 0) is 4.79 Å². The quantitative estimate of drug-likeness (QED) is 0.357. The molecule has 2 aliphatic heterocycles. The molecule has 0 spiro atoms. The molecule has 0 bridgehead atoms. The number of aliphatic imine (C=N–C) groups is 1. The first-order valence-electron chi connectivity index (χ1n) is 8.16. The molecule has 0 aliphatic carbocycles. The van der Waals surface area contributed by atoms with E-state index in [0.717, 1.165) is 0 Å². The van der Waals surface area contributed by atoms with E-state index < -0.39 is 27.9 Å². The number of benzene rings is 1. The first-order valence-corrected chi connectivity index (χ1v) is 9.77. The number of nitrogens with one attached hydrogen (secondary N) is 1. The molecule has 14 heteroatoms. The Hall–Kier alpha value is -3.26. The molecule has 1 aromatic heterocycles. The van der Waals surface area contributed by atoms with Crippen LogP contribution in [0.5, 0.6) is 0 Å². The lowest BCUT2D eigenvalue weighted by Crippen LogP contribution is -2.35. The van der Waals surface area contributed by atoms with Crippen molar-refractivity contribution in [3.63, 3.8) is 0 Å². The van der Waals surface area contributed by atoms with E-state index in [-0.39, 0.29) is 34.0 Å². The van der Waals surface area contributed by atoms with Crippen LogP contribution >= 0.6 is 27.7 Å². The number of hydrazone groups is 1. The molecule has 0 atom stereocenters. The molecule has 3 heterocycles. The summed E-state index contributed by atoms with van der Waals surface area (Å²) in [5.74, 6) is -1.05. The number of hydrogen-bond donors (Lipinski definition) is 1. The maximum atomic E-state index is 12.9. The average Bonchev–Trinajstić information content (AvgIpc) is 3.32. The molecule has 1 aromatic carbocycles. The highest BCUT2D eigenvalue weighted by Crippen LogP contribution is 2.36. The van der Waals surface area contributed by atoms with Crippen molar-refractivity contribution in [3.05, 3.63) is 56.3 Å². The monoisotopic (exact) mass is 513 g/mol. The zero-order chi connectivity index (χ0) is 22.5. The molecule has 4 rings (SSSR count). The number of nitro benzene ring substituents is 1. The Morgan fingerprint density at radius 1 is 1.29 bits per heavy atom. The minimum absolute atomic E-state index is 0.123. The fraction of sp³-hybridized carbons (Fsp3) is 0.0588. The van der Waals surface area contributed by atoms with E-state index in [4.69, 9.17) is 9.83 Å². The van der Waals surface area contributed by atoms with Crippen molar-refractivity contribution in [2.75, 3.05) is 0 Å². The van der Waals surface area contributed by atoms with Gasteiger partial charge in [-0.2, -0.15) is 28.3 Å². The Balaban J connectivity index is 1.64. The number of halogens is 4. The normalized spacial score (nSPS) is 17.7. The fourth-order valence-electron chi connectivity index (χ4n) is 2.64. The van der Waals surface area contributed by atoms with Gasteiger partial charge < -0.3 is 4.42 Å². The fourth-order valence-corrected chi connectivity index (χ4v) is 3.96. The molecule has 158 valence electrons. The zero-order valence-electron chi connectivity index (χ0n) is 14.8. The molecular weight excluding hydrogens is 507 g/mol. The van der Waals surface area contributed by atoms with E-state index in [1.54, 1.807) is 0 Å². The van der Waals surface area contributed by atoms with E-state index in [9.17, 15) is 28.1 Å². The topological polar surface area (TPSA) is 125 Å². The van der Waals surface area contributed by atoms with E-state index in [2.05, 4.69) is 26.0 Å². The van der Waals surface area contributed by atoms with Crippen LogP contribution in [0.15, 0.2) is 54.9 Å². The third-order valence-corrected chi connectivity index (χ3v) is 5.65. The summed E-state index contributed by atoms with van der Waals surface area (Å²) in [5.41, 5.74) is 0.0675. The van der Waals surface area contributed by atoms with Gasteiger partial charge in [0.1, 0.15) is 11.5 Å². The number of amides is 1. The maximum Gasteiger partial charge on any atom is 0.441 e. The molecule has 0 saturated heterocycles. The highest BCUT2D eigenvalue weighted by molar-refractivity contribution is 9.10. The number of nitrogens with zero attached hydrogens (tertiary/aromatic N) is 4. The molecule has 0 unspecified atom stereocenters. The molecule has 2 aliphatic rings. The molecule has 0 saturated carbocycles. The van der Waals surface area contributed by atoms with Crippen LogP contribution in [0, 0.1) is 15.5 Å². The third-order valence-electron chi connectivity index (χ3n) is 4.04. The van der Waals surface area contributed by atoms with Gasteiger partial charge in [0.05, 0.1) is 10.5 Å². The van der Waals surface area contributed by atoms with Crippen molar-refractivity contribution < 1.29 is 27.3 Å². The number of amidine groups is 2. The Labute approximate surface area is 183 Å². The number of fused-ring (bicyclic) bond motifs is 1. The molecule has 0 fully saturated rings. The first-order chi connectivity index (χ1) is 14.5. The van der Waals surface area contributed by atoms with Gasteiger partial charge in [0, 0.05) is 22.2 Å². The first kappa shape index (κ1) is 21.0. The zero-order valence-corrected chi connectivity index (χ0v) is 17.2. The smallest absolute Gasteiger partial charge is 0.441 e. The summed E-state index contributed by atoms with van der Waals surface area (Å²) in [4.78, 5) is 26.1. The summed E-state index contributed by atoms with van der Waals surface area (Å²) in [6, 6.07) is 7.07. The molecule has 1 amide bonds. The Morgan fingerprint density at radius 3 is 2.68 bits per heavy atom. The second-order valence-electron chi connectivity index (χ2n) is 6.05. The standard InChI is InChI=1S/C17H7BrF3N5O4S/c18-11-5-7(26(28)29)1-3-9(11)12-4-2-8(30-12)6-10-13(22)25-16(23-14(10)27)31-15(24-25)17(19,20)21/h1-6,22H. The number of nitro groups is 1. The number of non-ortho nitro benzene ring substituents is 1. The van der Waals surface area contributed by atoms with Crippen LogP contribution < -0.4 is 0 Å². The number of carbonyl (C=O) groups is 1. The maximum absolute atomic E-state index is 12.9. The minimum Gasteiger partial charge on any atom is -0.457 e. The summed E-state index contributed by atoms with van der Waals surface area (Å²) in [5, 5.41) is 21.3. The van der Waals surface area contributed by atoms with Crippen molar-refractivity contribution >= 4 is 61.4 Å². The Kier molecular flexibility index (Phi) is 5.05. The van der Waals surface area contributed by atoms with Crippen LogP contribution in [0.3, 0.4) is 0 Å². The van der Waals surface area contributed by atoms with Crippen LogP contribution in [0.1, 0.15) is 5.76 Å². The van der Waals surface area contributed by atoms with Gasteiger partial charge in [-0.3, -0.25) is 20.3 Å². The van der Waals surface area contributed by atoms with Crippen LogP contribution in [0.2, 0.25) is 0 Å². The van der Waals surface area contributed by atoms with Gasteiger partial charge in [-0.25, -0.2) is 0 Å². The van der Waals surface area contributed by atoms with Gasteiger partial charge in [0.15, 0.2) is 5.84 Å². The molecule has 0 radical (unpaired) electrons. The Bertz CT molecular complexity index is 1250. The van der Waals surface area contributed by atoms with Crippen molar-refractivity contribution in [2.24, 2.45) is 10.1 Å². The van der Waals surface area contributed by atoms with Crippen LogP contribution in [0.4, 0.5) is 18.9 Å². The van der Waals surface area contributed by atoms with E-state index in [0.29, 0.717) is 20.8 Å². The molecule has 31 heavy (non-hydrogen) atoms. The number of rotatable bonds is 3.